The molecule has 16 heavy (non-hydrogen) atoms. The normalized spacial score (nSPS) is 9.69. The van der Waals surface area contributed by atoms with E-state index in [2.05, 4.69) is 20.8 Å². The molecule has 0 saturated carbocycles. The van der Waals surface area contributed by atoms with Gasteiger partial charge in [0, 0.05) is 0 Å². The van der Waals surface area contributed by atoms with Gasteiger partial charge in [0.15, 0.2) is 0 Å². The predicted molar refractivity (Wildman–Crippen MR) is 55.5 cm³/mol. The van der Waals surface area contributed by atoms with Crippen LogP contribution >= 0.6 is 11.3 Å². The molecule has 0 fully saturated rings. The van der Waals surface area contributed by atoms with Gasteiger partial charge in [-0.25, -0.2) is 4.68 Å². The Hall–Kier alpha value is -2.27. The second kappa shape index (κ2) is 4.50. The molecule has 1 amide bonds. The van der Waals surface area contributed by atoms with Gasteiger partial charge in [0.05, 0.1) is 5.56 Å². The van der Waals surface area contributed by atoms with Crippen LogP contribution in [-0.4, -0.2) is 26.1 Å². The molecule has 0 bridgehead atoms. The summed E-state index contributed by atoms with van der Waals surface area (Å²) in [6, 6.07) is 3.64. The maximum absolute atomic E-state index is 11.5. The molecule has 0 aliphatic rings. The van der Waals surface area contributed by atoms with Crippen molar-refractivity contribution in [1.82, 2.24) is 20.2 Å². The van der Waals surface area contributed by atoms with Gasteiger partial charge < -0.3 is 5.32 Å². The van der Waals surface area contributed by atoms with Crippen LogP contribution < -0.4 is 5.32 Å². The van der Waals surface area contributed by atoms with Crippen LogP contribution in [0.2, 0.25) is 0 Å². The lowest BCUT2D eigenvalue weighted by atomic mass is 10.3. The first-order chi connectivity index (χ1) is 7.79. The second-order valence-corrected chi connectivity index (χ2v) is 3.75. The number of nitrogens with zero attached hydrogens (tertiary/aromatic N) is 5. The number of thiophene rings is 1. The van der Waals surface area contributed by atoms with Crippen molar-refractivity contribution in [3.63, 3.8) is 0 Å². The van der Waals surface area contributed by atoms with Crippen molar-refractivity contribution in [2.75, 3.05) is 5.32 Å². The number of amides is 1. The zero-order valence-corrected chi connectivity index (χ0v) is 8.81. The minimum absolute atomic E-state index is 0.0236. The van der Waals surface area contributed by atoms with Crippen molar-refractivity contribution in [2.45, 2.75) is 6.54 Å². The molecule has 0 spiro atoms. The Balaban J connectivity index is 2.01. The maximum Gasteiger partial charge on any atom is 0.246 e. The van der Waals surface area contributed by atoms with Gasteiger partial charge >= 0.3 is 0 Å². The molecule has 1 N–H and O–H groups in total. The molecule has 0 aliphatic carbocycles. The number of nitrogens with one attached hydrogen (secondary N) is 1. The van der Waals surface area contributed by atoms with Gasteiger partial charge in [0.1, 0.15) is 23.9 Å². The van der Waals surface area contributed by atoms with E-state index in [0.717, 1.165) is 0 Å². The first-order valence-electron chi connectivity index (χ1n) is 4.28. The van der Waals surface area contributed by atoms with Gasteiger partial charge in [-0.1, -0.05) is 0 Å². The van der Waals surface area contributed by atoms with Gasteiger partial charge in [-0.05, 0) is 21.9 Å². The Morgan fingerprint density at radius 1 is 1.69 bits per heavy atom. The molecular formula is C8H6N6OS. The molecule has 8 heteroatoms. The largest absolute Gasteiger partial charge is 0.315 e. The number of hydrogen-bond acceptors (Lipinski definition) is 6. The Bertz CT molecular complexity index is 525. The highest BCUT2D eigenvalue weighted by atomic mass is 32.1. The summed E-state index contributed by atoms with van der Waals surface area (Å²) < 4.78 is 1.30. The van der Waals surface area contributed by atoms with Crippen molar-refractivity contribution in [3.8, 4) is 6.07 Å². The van der Waals surface area contributed by atoms with Crippen LogP contribution in [0.1, 0.15) is 5.56 Å². The maximum atomic E-state index is 11.5. The van der Waals surface area contributed by atoms with Crippen LogP contribution in [0, 0.1) is 11.3 Å². The van der Waals surface area contributed by atoms with Gasteiger partial charge in [-0.3, -0.25) is 4.79 Å². The first-order valence-corrected chi connectivity index (χ1v) is 5.16. The molecular weight excluding hydrogens is 228 g/mol. The number of carbonyl (C=O) groups is 1. The number of aromatic nitrogens is 4. The van der Waals surface area contributed by atoms with E-state index in [1.165, 1.54) is 22.3 Å². The molecule has 2 heterocycles. The fourth-order valence-corrected chi connectivity index (χ4v) is 1.81. The van der Waals surface area contributed by atoms with Gasteiger partial charge in [-0.2, -0.15) is 5.26 Å². The molecule has 0 radical (unpaired) electrons. The third kappa shape index (κ3) is 2.21. The molecule has 0 aliphatic heterocycles. The second-order valence-electron chi connectivity index (χ2n) is 2.83. The summed E-state index contributed by atoms with van der Waals surface area (Å²) in [6.45, 7) is 0.0236. The lowest BCUT2D eigenvalue weighted by Gasteiger charge is -2.01. The number of rotatable bonds is 3. The SMILES string of the molecule is N#Cc1ccsc1NC(=O)Cn1cnnn1. The minimum Gasteiger partial charge on any atom is -0.315 e. The molecule has 0 aromatic carbocycles. The molecule has 0 unspecified atom stereocenters. The highest BCUT2D eigenvalue weighted by Crippen LogP contribution is 2.21. The molecule has 2 aromatic heterocycles. The summed E-state index contributed by atoms with van der Waals surface area (Å²) in [4.78, 5) is 11.5. The Morgan fingerprint density at radius 2 is 2.56 bits per heavy atom. The molecule has 2 aromatic rings. The number of tetrazole rings is 1. The molecule has 0 atom stereocenters. The fraction of sp³-hybridized carbons (Fsp3) is 0.125. The minimum atomic E-state index is -0.272. The number of anilines is 1. The Labute approximate surface area is 94.3 Å². The predicted octanol–water partition coefficient (Wildman–Crippen LogP) is 0.245. The highest BCUT2D eigenvalue weighted by molar-refractivity contribution is 7.14. The smallest absolute Gasteiger partial charge is 0.246 e. The van der Waals surface area contributed by atoms with E-state index in [1.54, 1.807) is 11.4 Å². The van der Waals surface area contributed by atoms with Crippen LogP contribution in [0.4, 0.5) is 5.00 Å². The van der Waals surface area contributed by atoms with Crippen molar-refractivity contribution in [2.24, 2.45) is 0 Å². The summed E-state index contributed by atoms with van der Waals surface area (Å²) >= 11 is 1.30. The van der Waals surface area contributed by atoms with E-state index in [4.69, 9.17) is 5.26 Å². The van der Waals surface area contributed by atoms with E-state index in [9.17, 15) is 4.79 Å². The zero-order valence-electron chi connectivity index (χ0n) is 7.99. The summed E-state index contributed by atoms with van der Waals surface area (Å²) in [7, 11) is 0. The Kier molecular flexibility index (Phi) is 2.88. The lowest BCUT2D eigenvalue weighted by molar-refractivity contribution is -0.116. The van der Waals surface area contributed by atoms with E-state index in [-0.39, 0.29) is 12.5 Å². The highest BCUT2D eigenvalue weighted by Gasteiger charge is 2.08. The van der Waals surface area contributed by atoms with E-state index in [1.807, 2.05) is 6.07 Å². The summed E-state index contributed by atoms with van der Waals surface area (Å²) in [5, 5.41) is 24.0. The van der Waals surface area contributed by atoms with Crippen molar-refractivity contribution in [3.05, 3.63) is 23.3 Å². The standard InChI is InChI=1S/C8H6N6OS/c9-3-6-1-2-16-8(6)11-7(15)4-14-5-10-12-13-14/h1-2,5H,4H2,(H,11,15). The van der Waals surface area contributed by atoms with Crippen LogP contribution in [-0.2, 0) is 11.3 Å². The number of hydrogen-bond donors (Lipinski definition) is 1. The van der Waals surface area contributed by atoms with Crippen LogP contribution in [0.15, 0.2) is 17.8 Å². The van der Waals surface area contributed by atoms with Crippen molar-refractivity contribution < 1.29 is 4.79 Å². The van der Waals surface area contributed by atoms with E-state index in [0.29, 0.717) is 10.6 Å². The monoisotopic (exact) mass is 234 g/mol. The third-order valence-electron chi connectivity index (χ3n) is 1.74. The van der Waals surface area contributed by atoms with E-state index < -0.39 is 0 Å². The topological polar surface area (TPSA) is 96.5 Å². The number of carbonyl (C=O) groups excluding carboxylic acids is 1. The molecule has 7 nitrogen and oxygen atoms in total. The third-order valence-corrected chi connectivity index (χ3v) is 2.57. The van der Waals surface area contributed by atoms with Crippen LogP contribution in [0.25, 0.3) is 0 Å². The van der Waals surface area contributed by atoms with Crippen molar-refractivity contribution >= 4 is 22.2 Å². The van der Waals surface area contributed by atoms with Crippen LogP contribution in [0.5, 0.6) is 0 Å². The average Bonchev–Trinajstić information content (AvgIpc) is 2.88. The van der Waals surface area contributed by atoms with Crippen LogP contribution in [0.3, 0.4) is 0 Å². The Morgan fingerprint density at radius 3 is 3.25 bits per heavy atom. The fourth-order valence-electron chi connectivity index (χ4n) is 1.06. The number of nitriles is 1. The lowest BCUT2D eigenvalue weighted by Crippen LogP contribution is -2.19. The van der Waals surface area contributed by atoms with E-state index >= 15 is 0 Å². The van der Waals surface area contributed by atoms with Gasteiger partial charge in [-0.15, -0.1) is 16.4 Å². The zero-order chi connectivity index (χ0) is 11.4. The average molecular weight is 234 g/mol. The van der Waals surface area contributed by atoms with Gasteiger partial charge in [0.2, 0.25) is 5.91 Å². The first kappa shape index (κ1) is 10.3. The summed E-state index contributed by atoms with van der Waals surface area (Å²) in [6.07, 6.45) is 1.35. The molecule has 2 rings (SSSR count). The van der Waals surface area contributed by atoms with Gasteiger partial charge in [0.25, 0.3) is 0 Å². The quantitative estimate of drug-likeness (QED) is 0.820. The molecule has 0 saturated heterocycles. The molecule has 80 valence electrons. The van der Waals surface area contributed by atoms with Crippen molar-refractivity contribution in [1.29, 1.82) is 5.26 Å². The summed E-state index contributed by atoms with van der Waals surface area (Å²) in [5.74, 6) is -0.272. The summed E-state index contributed by atoms with van der Waals surface area (Å²) in [5.41, 5.74) is 0.454.